The fourth-order valence-corrected chi connectivity index (χ4v) is 6.17. The Morgan fingerprint density at radius 2 is 0.719 bits per heavy atom. The summed E-state index contributed by atoms with van der Waals surface area (Å²) in [6, 6.07) is 0. The molecular formula is C51H86O6. The molecule has 0 fully saturated rings. The van der Waals surface area contributed by atoms with E-state index in [2.05, 4.69) is 93.7 Å². The monoisotopic (exact) mass is 795 g/mol. The molecular weight excluding hydrogens is 709 g/mol. The van der Waals surface area contributed by atoms with Gasteiger partial charge < -0.3 is 14.2 Å². The van der Waals surface area contributed by atoms with Crippen molar-refractivity contribution in [1.29, 1.82) is 0 Å². The summed E-state index contributed by atoms with van der Waals surface area (Å²) in [6.45, 7) is 6.38. The van der Waals surface area contributed by atoms with Gasteiger partial charge in [-0.3, -0.25) is 14.4 Å². The zero-order chi connectivity index (χ0) is 41.5. The third-order valence-corrected chi connectivity index (χ3v) is 9.68. The third-order valence-electron chi connectivity index (χ3n) is 9.68. The molecule has 1 unspecified atom stereocenters. The molecule has 0 saturated carbocycles. The van der Waals surface area contributed by atoms with Crippen LogP contribution in [0.4, 0.5) is 0 Å². The van der Waals surface area contributed by atoms with Crippen LogP contribution in [-0.2, 0) is 28.6 Å². The van der Waals surface area contributed by atoms with Crippen LogP contribution >= 0.6 is 0 Å². The van der Waals surface area contributed by atoms with Crippen LogP contribution in [0, 0.1) is 0 Å². The van der Waals surface area contributed by atoms with E-state index in [4.69, 9.17) is 14.2 Å². The second-order valence-electron chi connectivity index (χ2n) is 15.3. The highest BCUT2D eigenvalue weighted by atomic mass is 16.6. The summed E-state index contributed by atoms with van der Waals surface area (Å²) >= 11 is 0. The van der Waals surface area contributed by atoms with Crippen molar-refractivity contribution in [3.05, 3.63) is 72.9 Å². The van der Waals surface area contributed by atoms with Crippen LogP contribution in [0.2, 0.25) is 0 Å². The molecule has 0 N–H and O–H groups in total. The number of hydrogen-bond donors (Lipinski definition) is 0. The van der Waals surface area contributed by atoms with Crippen LogP contribution in [0.1, 0.15) is 213 Å². The molecule has 0 rings (SSSR count). The SMILES string of the molecule is CC/C=C\C/C=C\C/C=C\C/C=C\CCCCCCCCC(=O)OCC(COC(=O)CCCCCCCCC)OC(=O)CCCCCCC/C=C\C/C=C\CCC. The molecule has 1 atom stereocenters. The second kappa shape index (κ2) is 45.6. The molecule has 6 heteroatoms. The molecule has 6 nitrogen and oxygen atoms in total. The molecule has 0 aliphatic rings. The van der Waals surface area contributed by atoms with E-state index in [1.165, 1.54) is 51.4 Å². The summed E-state index contributed by atoms with van der Waals surface area (Å²) in [5.41, 5.74) is 0. The van der Waals surface area contributed by atoms with Gasteiger partial charge in [-0.1, -0.05) is 184 Å². The van der Waals surface area contributed by atoms with Gasteiger partial charge in [0, 0.05) is 19.3 Å². The lowest BCUT2D eigenvalue weighted by molar-refractivity contribution is -0.167. The van der Waals surface area contributed by atoms with Gasteiger partial charge in [0.05, 0.1) is 0 Å². The topological polar surface area (TPSA) is 78.9 Å². The van der Waals surface area contributed by atoms with E-state index in [1.54, 1.807) is 0 Å². The summed E-state index contributed by atoms with van der Waals surface area (Å²) in [4.78, 5) is 37.7. The van der Waals surface area contributed by atoms with E-state index >= 15 is 0 Å². The second-order valence-corrected chi connectivity index (χ2v) is 15.3. The van der Waals surface area contributed by atoms with Gasteiger partial charge in [0.1, 0.15) is 13.2 Å². The van der Waals surface area contributed by atoms with Gasteiger partial charge in [-0.25, -0.2) is 0 Å². The summed E-state index contributed by atoms with van der Waals surface area (Å²) in [5, 5.41) is 0. The molecule has 0 radical (unpaired) electrons. The van der Waals surface area contributed by atoms with Crippen LogP contribution in [0.25, 0.3) is 0 Å². The number of carbonyl (C=O) groups is 3. The minimum atomic E-state index is -0.784. The maximum atomic E-state index is 12.7. The van der Waals surface area contributed by atoms with Crippen LogP contribution in [0.3, 0.4) is 0 Å². The lowest BCUT2D eigenvalue weighted by Crippen LogP contribution is -2.30. The number of rotatable bonds is 41. The van der Waals surface area contributed by atoms with Gasteiger partial charge in [-0.05, 0) is 83.5 Å². The van der Waals surface area contributed by atoms with Crippen molar-refractivity contribution in [2.75, 3.05) is 13.2 Å². The van der Waals surface area contributed by atoms with E-state index in [0.717, 1.165) is 122 Å². The zero-order valence-electron chi connectivity index (χ0n) is 37.1. The lowest BCUT2D eigenvalue weighted by Gasteiger charge is -2.18. The molecule has 0 aliphatic heterocycles. The first-order valence-electron chi connectivity index (χ1n) is 23.4. The largest absolute Gasteiger partial charge is 0.462 e. The Morgan fingerprint density at radius 1 is 0.368 bits per heavy atom. The minimum Gasteiger partial charge on any atom is -0.462 e. The Morgan fingerprint density at radius 3 is 1.14 bits per heavy atom. The molecule has 0 aliphatic carbocycles. The zero-order valence-corrected chi connectivity index (χ0v) is 37.1. The van der Waals surface area contributed by atoms with Crippen LogP contribution in [0.5, 0.6) is 0 Å². The smallest absolute Gasteiger partial charge is 0.306 e. The van der Waals surface area contributed by atoms with E-state index in [-0.39, 0.29) is 31.1 Å². The molecule has 0 amide bonds. The molecule has 0 heterocycles. The lowest BCUT2D eigenvalue weighted by atomic mass is 10.1. The number of unbranched alkanes of at least 4 members (excludes halogenated alkanes) is 18. The van der Waals surface area contributed by atoms with E-state index in [0.29, 0.717) is 19.3 Å². The summed E-state index contributed by atoms with van der Waals surface area (Å²) in [5.74, 6) is -0.926. The van der Waals surface area contributed by atoms with E-state index < -0.39 is 6.10 Å². The number of hydrogen-bond acceptors (Lipinski definition) is 6. The maximum absolute atomic E-state index is 12.7. The Hall–Kier alpha value is -3.15. The fraction of sp³-hybridized carbons (Fsp3) is 0.706. The van der Waals surface area contributed by atoms with Gasteiger partial charge in [-0.15, -0.1) is 0 Å². The molecule has 0 bridgehead atoms. The number of allylic oxidation sites excluding steroid dienone is 12. The average Bonchev–Trinajstić information content (AvgIpc) is 3.21. The minimum absolute atomic E-state index is 0.0861. The highest BCUT2D eigenvalue weighted by molar-refractivity contribution is 5.71. The summed E-state index contributed by atoms with van der Waals surface area (Å²) in [7, 11) is 0. The highest BCUT2D eigenvalue weighted by Crippen LogP contribution is 2.13. The van der Waals surface area contributed by atoms with Crippen molar-refractivity contribution in [3.8, 4) is 0 Å². The molecule has 326 valence electrons. The average molecular weight is 795 g/mol. The van der Waals surface area contributed by atoms with Gasteiger partial charge >= 0.3 is 17.9 Å². The number of ether oxygens (including phenoxy) is 3. The first kappa shape index (κ1) is 53.9. The standard InChI is InChI=1S/C51H86O6/c1-4-7-10-13-16-18-20-22-23-24-25-26-27-29-30-32-35-38-41-44-50(53)56-47-48(46-55-49(52)43-40-37-34-15-12-9-6-3)57-51(54)45-42-39-36-33-31-28-21-19-17-14-11-8-5-2/h7,10-11,14,16,18-19,21-23,25-26,48H,4-6,8-9,12-13,15,17,20,24,27-47H2,1-3H3/b10-7-,14-11-,18-16-,21-19-,23-22-,26-25-. The fourth-order valence-electron chi connectivity index (χ4n) is 6.17. The van der Waals surface area contributed by atoms with Crippen molar-refractivity contribution in [3.63, 3.8) is 0 Å². The predicted octanol–water partition coefficient (Wildman–Crippen LogP) is 15.1. The normalized spacial score (nSPS) is 12.7. The van der Waals surface area contributed by atoms with Gasteiger partial charge in [-0.2, -0.15) is 0 Å². The highest BCUT2D eigenvalue weighted by Gasteiger charge is 2.19. The number of carbonyl (C=O) groups excluding carboxylic acids is 3. The van der Waals surface area contributed by atoms with Crippen molar-refractivity contribution in [2.45, 2.75) is 219 Å². The molecule has 57 heavy (non-hydrogen) atoms. The van der Waals surface area contributed by atoms with Crippen molar-refractivity contribution in [2.24, 2.45) is 0 Å². The van der Waals surface area contributed by atoms with Gasteiger partial charge in [0.15, 0.2) is 6.10 Å². The Bertz CT molecular complexity index is 1100. The van der Waals surface area contributed by atoms with Gasteiger partial charge in [0.25, 0.3) is 0 Å². The van der Waals surface area contributed by atoms with Gasteiger partial charge in [0.2, 0.25) is 0 Å². The maximum Gasteiger partial charge on any atom is 0.306 e. The summed E-state index contributed by atoms with van der Waals surface area (Å²) < 4.78 is 16.7. The molecule has 0 aromatic rings. The summed E-state index contributed by atoms with van der Waals surface area (Å²) in [6.07, 6.45) is 56.1. The van der Waals surface area contributed by atoms with Crippen molar-refractivity contribution >= 4 is 17.9 Å². The Labute approximate surface area is 351 Å². The third kappa shape index (κ3) is 43.8. The molecule has 0 aromatic heterocycles. The van der Waals surface area contributed by atoms with Crippen LogP contribution < -0.4 is 0 Å². The molecule has 0 aromatic carbocycles. The van der Waals surface area contributed by atoms with Crippen molar-refractivity contribution < 1.29 is 28.6 Å². The van der Waals surface area contributed by atoms with E-state index in [9.17, 15) is 14.4 Å². The predicted molar refractivity (Wildman–Crippen MR) is 242 cm³/mol. The first-order chi connectivity index (χ1) is 28.0. The van der Waals surface area contributed by atoms with E-state index in [1.807, 2.05) is 0 Å². The Kier molecular flexibility index (Phi) is 43.0. The number of esters is 3. The molecule has 0 saturated heterocycles. The Balaban J connectivity index is 4.32. The first-order valence-corrected chi connectivity index (χ1v) is 23.4. The quantitative estimate of drug-likeness (QED) is 0.0265. The molecule has 0 spiro atoms. The van der Waals surface area contributed by atoms with Crippen LogP contribution in [0.15, 0.2) is 72.9 Å². The van der Waals surface area contributed by atoms with Crippen LogP contribution in [-0.4, -0.2) is 37.2 Å². The van der Waals surface area contributed by atoms with Crippen molar-refractivity contribution in [1.82, 2.24) is 0 Å².